The fraction of sp³-hybridized carbons (Fsp3) is 0.115. The Morgan fingerprint density at radius 2 is 1.59 bits per heavy atom. The number of amides is 1. The van der Waals surface area contributed by atoms with Crippen LogP contribution in [0.15, 0.2) is 94.5 Å². The molecule has 3 aromatic carbocycles. The van der Waals surface area contributed by atoms with Crippen molar-refractivity contribution >= 4 is 22.4 Å². The van der Waals surface area contributed by atoms with E-state index in [9.17, 15) is 14.4 Å². The molecule has 5 rings (SSSR count). The Labute approximate surface area is 184 Å². The lowest BCUT2D eigenvalue weighted by Gasteiger charge is -2.27. The van der Waals surface area contributed by atoms with Crippen LogP contribution in [0.1, 0.15) is 22.3 Å². The highest BCUT2D eigenvalue weighted by molar-refractivity contribution is 5.98. The number of rotatable bonds is 3. The molecular weight excluding hydrogens is 402 g/mol. The number of para-hydroxylation sites is 1. The van der Waals surface area contributed by atoms with Gasteiger partial charge in [-0.25, -0.2) is 9.36 Å². The third kappa shape index (κ3) is 3.56. The Morgan fingerprint density at radius 3 is 2.28 bits per heavy atom. The molecule has 4 aromatic rings. The molecule has 1 N–H and O–H groups in total. The first kappa shape index (κ1) is 19.8. The number of hydrogen-bond acceptors (Lipinski definition) is 3. The lowest BCUT2D eigenvalue weighted by Crippen LogP contribution is -2.35. The Morgan fingerprint density at radius 1 is 0.875 bits per heavy atom. The minimum absolute atomic E-state index is 0.122. The lowest BCUT2D eigenvalue weighted by molar-refractivity contribution is 0.0773. The van der Waals surface area contributed by atoms with E-state index in [-0.39, 0.29) is 5.91 Å². The van der Waals surface area contributed by atoms with Crippen LogP contribution >= 0.6 is 0 Å². The number of aromatic amines is 1. The van der Waals surface area contributed by atoms with Gasteiger partial charge in [0.05, 0.1) is 16.6 Å². The summed E-state index contributed by atoms with van der Waals surface area (Å²) in [6.45, 7) is 1.14. The first-order valence-electron chi connectivity index (χ1n) is 10.5. The standard InChI is InChI=1S/C26H21N3O3/c30-24(28-15-13-19(14-16-28)18-7-3-1-4-8-18)20-11-12-22-23(17-20)27-26(32)29(25(22)31)21-9-5-2-6-10-21/h1-13,17H,14-16H2,(H,27,32). The van der Waals surface area contributed by atoms with Crippen molar-refractivity contribution in [2.75, 3.05) is 13.1 Å². The maximum atomic E-state index is 13.1. The van der Waals surface area contributed by atoms with Crippen LogP contribution in [0.4, 0.5) is 0 Å². The molecule has 32 heavy (non-hydrogen) atoms. The molecule has 1 aliphatic heterocycles. The summed E-state index contributed by atoms with van der Waals surface area (Å²) in [5.74, 6) is -0.122. The van der Waals surface area contributed by atoms with Gasteiger partial charge >= 0.3 is 5.69 Å². The van der Waals surface area contributed by atoms with Gasteiger partial charge in [0.25, 0.3) is 11.5 Å². The van der Waals surface area contributed by atoms with Crippen LogP contribution in [-0.4, -0.2) is 33.4 Å². The van der Waals surface area contributed by atoms with Crippen molar-refractivity contribution in [3.8, 4) is 5.69 Å². The zero-order valence-corrected chi connectivity index (χ0v) is 17.3. The highest BCUT2D eigenvalue weighted by atomic mass is 16.2. The summed E-state index contributed by atoms with van der Waals surface area (Å²) in [5, 5.41) is 0.356. The van der Waals surface area contributed by atoms with Crippen molar-refractivity contribution in [1.82, 2.24) is 14.5 Å². The minimum Gasteiger partial charge on any atom is -0.335 e. The largest absolute Gasteiger partial charge is 0.335 e. The second-order valence-corrected chi connectivity index (χ2v) is 7.76. The smallest absolute Gasteiger partial charge is 0.333 e. The highest BCUT2D eigenvalue weighted by Crippen LogP contribution is 2.23. The average molecular weight is 423 g/mol. The summed E-state index contributed by atoms with van der Waals surface area (Å²) >= 11 is 0. The number of fused-ring (bicyclic) bond motifs is 1. The van der Waals surface area contributed by atoms with Gasteiger partial charge in [0.1, 0.15) is 0 Å². The Kier molecular flexibility index (Phi) is 5.03. The van der Waals surface area contributed by atoms with Crippen LogP contribution in [0.2, 0.25) is 0 Å². The number of nitrogens with zero attached hydrogens (tertiary/aromatic N) is 2. The molecule has 0 bridgehead atoms. The maximum absolute atomic E-state index is 13.1. The number of H-pyrrole nitrogens is 1. The SMILES string of the molecule is O=C(c1ccc2c(=O)n(-c3ccccc3)c(=O)[nH]c2c1)N1CC=C(c2ccccc2)CC1. The number of benzene rings is 3. The van der Waals surface area contributed by atoms with E-state index in [2.05, 4.69) is 23.2 Å². The molecule has 0 unspecified atom stereocenters. The third-order valence-electron chi connectivity index (χ3n) is 5.80. The summed E-state index contributed by atoms with van der Waals surface area (Å²) in [4.78, 5) is 43.1. The van der Waals surface area contributed by atoms with Gasteiger partial charge in [0.2, 0.25) is 0 Å². The van der Waals surface area contributed by atoms with E-state index in [1.54, 1.807) is 47.4 Å². The van der Waals surface area contributed by atoms with Crippen LogP contribution in [0, 0.1) is 0 Å². The fourth-order valence-electron chi connectivity index (χ4n) is 4.11. The summed E-state index contributed by atoms with van der Waals surface area (Å²) in [7, 11) is 0. The quantitative estimate of drug-likeness (QED) is 0.547. The van der Waals surface area contributed by atoms with Gasteiger partial charge in [-0.3, -0.25) is 9.59 Å². The first-order chi connectivity index (χ1) is 15.6. The molecule has 6 nitrogen and oxygen atoms in total. The molecule has 1 aromatic heterocycles. The molecular formula is C26H21N3O3. The predicted molar refractivity (Wildman–Crippen MR) is 125 cm³/mol. The summed E-state index contributed by atoms with van der Waals surface area (Å²) in [6, 6.07) is 23.8. The second-order valence-electron chi connectivity index (χ2n) is 7.76. The molecule has 0 saturated heterocycles. The van der Waals surface area contributed by atoms with Gasteiger partial charge < -0.3 is 9.88 Å². The van der Waals surface area contributed by atoms with Gasteiger partial charge in [-0.05, 0) is 47.9 Å². The van der Waals surface area contributed by atoms with E-state index in [0.717, 1.165) is 11.0 Å². The molecule has 0 radical (unpaired) electrons. The van der Waals surface area contributed by atoms with Gasteiger partial charge in [-0.2, -0.15) is 0 Å². The van der Waals surface area contributed by atoms with E-state index >= 15 is 0 Å². The van der Waals surface area contributed by atoms with Crippen LogP contribution in [0.5, 0.6) is 0 Å². The average Bonchev–Trinajstić information content (AvgIpc) is 2.84. The van der Waals surface area contributed by atoms with Crippen molar-refractivity contribution in [1.29, 1.82) is 0 Å². The van der Waals surface area contributed by atoms with Crippen molar-refractivity contribution < 1.29 is 4.79 Å². The Balaban J connectivity index is 1.44. The number of nitrogens with one attached hydrogen (secondary N) is 1. The summed E-state index contributed by atoms with van der Waals surface area (Å²) in [5.41, 5.74) is 2.76. The Hall–Kier alpha value is -4.19. The zero-order valence-electron chi connectivity index (χ0n) is 17.3. The minimum atomic E-state index is -0.535. The second kappa shape index (κ2) is 8.15. The van der Waals surface area contributed by atoms with E-state index in [0.29, 0.717) is 35.2 Å². The predicted octanol–water partition coefficient (Wildman–Crippen LogP) is 3.61. The number of aromatic nitrogens is 2. The van der Waals surface area contributed by atoms with E-state index in [1.165, 1.54) is 11.1 Å². The van der Waals surface area contributed by atoms with Crippen molar-refractivity contribution in [3.05, 3.63) is 117 Å². The molecule has 2 heterocycles. The van der Waals surface area contributed by atoms with E-state index < -0.39 is 11.2 Å². The topological polar surface area (TPSA) is 75.2 Å². The summed E-state index contributed by atoms with van der Waals surface area (Å²) in [6.07, 6.45) is 2.86. The van der Waals surface area contributed by atoms with Gasteiger partial charge in [-0.15, -0.1) is 0 Å². The molecule has 6 heteroatoms. The highest BCUT2D eigenvalue weighted by Gasteiger charge is 2.20. The van der Waals surface area contributed by atoms with E-state index in [4.69, 9.17) is 0 Å². The Bertz CT molecular complexity index is 1450. The van der Waals surface area contributed by atoms with Crippen molar-refractivity contribution in [2.24, 2.45) is 0 Å². The number of carbonyl (C=O) groups excluding carboxylic acids is 1. The van der Waals surface area contributed by atoms with Crippen LogP contribution in [-0.2, 0) is 0 Å². The van der Waals surface area contributed by atoms with Crippen molar-refractivity contribution in [3.63, 3.8) is 0 Å². The molecule has 0 fully saturated rings. The summed E-state index contributed by atoms with van der Waals surface area (Å²) < 4.78 is 1.10. The van der Waals surface area contributed by atoms with Crippen LogP contribution in [0.3, 0.4) is 0 Å². The van der Waals surface area contributed by atoms with Gasteiger partial charge in [0, 0.05) is 18.7 Å². The molecule has 0 saturated carbocycles. The molecule has 158 valence electrons. The zero-order chi connectivity index (χ0) is 22.1. The molecule has 0 aliphatic carbocycles. The number of hydrogen-bond donors (Lipinski definition) is 1. The van der Waals surface area contributed by atoms with Gasteiger partial charge in [0.15, 0.2) is 0 Å². The first-order valence-corrected chi connectivity index (χ1v) is 10.5. The van der Waals surface area contributed by atoms with Crippen LogP contribution < -0.4 is 11.2 Å². The van der Waals surface area contributed by atoms with E-state index in [1.807, 2.05) is 24.3 Å². The molecule has 0 atom stereocenters. The maximum Gasteiger partial charge on any atom is 0.333 e. The monoisotopic (exact) mass is 423 g/mol. The van der Waals surface area contributed by atoms with Crippen LogP contribution in [0.25, 0.3) is 22.2 Å². The lowest BCUT2D eigenvalue weighted by atomic mass is 9.99. The fourth-order valence-corrected chi connectivity index (χ4v) is 4.11. The molecule has 1 amide bonds. The van der Waals surface area contributed by atoms with Crippen molar-refractivity contribution in [2.45, 2.75) is 6.42 Å². The molecule has 1 aliphatic rings. The normalized spacial score (nSPS) is 13.8. The third-order valence-corrected chi connectivity index (χ3v) is 5.80. The molecule has 0 spiro atoms. The number of carbonyl (C=O) groups is 1. The van der Waals surface area contributed by atoms with Gasteiger partial charge in [-0.1, -0.05) is 54.6 Å².